The summed E-state index contributed by atoms with van der Waals surface area (Å²) in [6.07, 6.45) is 0.907. The number of likely N-dealkylation sites (N-methyl/N-ethyl adjacent to an activating group) is 1. The van der Waals surface area contributed by atoms with Crippen LogP contribution in [0.15, 0.2) is 60.7 Å². The van der Waals surface area contributed by atoms with E-state index in [0.29, 0.717) is 17.1 Å². The van der Waals surface area contributed by atoms with E-state index in [9.17, 15) is 4.79 Å². The molecule has 2 saturated heterocycles. The highest BCUT2D eigenvalue weighted by atomic mass is 16.5. The number of carbonyl (C=O) groups excluding carboxylic acids is 1. The Morgan fingerprint density at radius 1 is 1.20 bits per heavy atom. The number of rotatable bonds is 5. The molecule has 1 atom stereocenters. The minimum Gasteiger partial charge on any atom is -0.457 e. The monoisotopic (exact) mass is 404 g/mol. The molecular formula is C23H24N4O3. The molecule has 2 aromatic carbocycles. The average Bonchev–Trinajstić information content (AvgIpc) is 3.34. The summed E-state index contributed by atoms with van der Waals surface area (Å²) < 4.78 is 11.4. The number of aromatic nitrogens is 2. The largest absolute Gasteiger partial charge is 0.457 e. The summed E-state index contributed by atoms with van der Waals surface area (Å²) >= 11 is 0. The lowest BCUT2D eigenvalue weighted by molar-refractivity contribution is -0.115. The van der Waals surface area contributed by atoms with Gasteiger partial charge in [0.05, 0.1) is 24.4 Å². The van der Waals surface area contributed by atoms with Crippen LogP contribution < -0.4 is 10.1 Å². The normalized spacial score (nSPS) is 20.1. The van der Waals surface area contributed by atoms with E-state index in [-0.39, 0.29) is 17.5 Å². The summed E-state index contributed by atoms with van der Waals surface area (Å²) in [5.74, 6) is 1.29. The maximum Gasteiger partial charge on any atom is 0.269 e. The van der Waals surface area contributed by atoms with Crippen LogP contribution in [0, 0.1) is 0 Å². The predicted octanol–water partition coefficient (Wildman–Crippen LogP) is 3.07. The van der Waals surface area contributed by atoms with Crippen molar-refractivity contribution >= 4 is 5.91 Å². The van der Waals surface area contributed by atoms with Crippen LogP contribution >= 0.6 is 0 Å². The molecule has 0 unspecified atom stereocenters. The molecule has 0 aliphatic carbocycles. The van der Waals surface area contributed by atoms with E-state index in [1.54, 1.807) is 6.07 Å². The second-order valence-electron chi connectivity index (χ2n) is 8.05. The maximum absolute atomic E-state index is 12.8. The number of carbonyl (C=O) groups is 1. The van der Waals surface area contributed by atoms with Crippen LogP contribution in [0.3, 0.4) is 0 Å². The molecular weight excluding hydrogens is 380 g/mol. The van der Waals surface area contributed by atoms with Gasteiger partial charge in [0.1, 0.15) is 17.2 Å². The Morgan fingerprint density at radius 3 is 2.70 bits per heavy atom. The van der Waals surface area contributed by atoms with E-state index in [4.69, 9.17) is 9.47 Å². The van der Waals surface area contributed by atoms with Crippen molar-refractivity contribution in [1.82, 2.24) is 20.4 Å². The fourth-order valence-electron chi connectivity index (χ4n) is 4.20. The molecule has 2 aliphatic rings. The number of H-pyrrole nitrogens is 1. The minimum atomic E-state index is -0.147. The number of para-hydroxylation sites is 2. The van der Waals surface area contributed by atoms with Crippen molar-refractivity contribution < 1.29 is 14.3 Å². The van der Waals surface area contributed by atoms with Crippen LogP contribution in [-0.4, -0.2) is 59.4 Å². The van der Waals surface area contributed by atoms with E-state index in [1.165, 1.54) is 0 Å². The fourth-order valence-corrected chi connectivity index (χ4v) is 4.20. The SMILES string of the molecule is CN1C[C@H](NC(=O)c2cc(-c3ccccc3Oc3ccccc3)n[nH]2)CC12COC2. The summed E-state index contributed by atoms with van der Waals surface area (Å²) in [5.41, 5.74) is 2.01. The minimum absolute atomic E-state index is 0.0881. The third kappa shape index (κ3) is 3.46. The van der Waals surface area contributed by atoms with Gasteiger partial charge in [0, 0.05) is 18.2 Å². The Bertz CT molecular complexity index is 1050. The number of aromatic amines is 1. The van der Waals surface area contributed by atoms with Crippen LogP contribution in [0.5, 0.6) is 11.5 Å². The average molecular weight is 404 g/mol. The number of nitrogens with zero attached hydrogens (tertiary/aromatic N) is 2. The Labute approximate surface area is 175 Å². The summed E-state index contributed by atoms with van der Waals surface area (Å²) in [6.45, 7) is 2.30. The van der Waals surface area contributed by atoms with Crippen LogP contribution in [-0.2, 0) is 4.74 Å². The van der Waals surface area contributed by atoms with Gasteiger partial charge in [-0.1, -0.05) is 30.3 Å². The third-order valence-electron chi connectivity index (χ3n) is 5.96. The van der Waals surface area contributed by atoms with Crippen LogP contribution in [0.1, 0.15) is 16.9 Å². The highest BCUT2D eigenvalue weighted by Crippen LogP contribution is 2.35. The standard InChI is InChI=1S/C23H24N4O3/c1-27-13-16(12-23(27)14-29-15-23)24-22(28)20-11-19(25-26-20)18-9-5-6-10-21(18)30-17-7-3-2-4-8-17/h2-11,16H,12-15H2,1H3,(H,24,28)(H,25,26)/t16-/m1/s1. The topological polar surface area (TPSA) is 79.5 Å². The van der Waals surface area contributed by atoms with Gasteiger partial charge in [0.2, 0.25) is 0 Å². The van der Waals surface area contributed by atoms with E-state index >= 15 is 0 Å². The van der Waals surface area contributed by atoms with E-state index in [1.807, 2.05) is 54.6 Å². The number of hydrogen-bond donors (Lipinski definition) is 2. The molecule has 0 bridgehead atoms. The lowest BCUT2D eigenvalue weighted by Gasteiger charge is -2.43. The van der Waals surface area contributed by atoms with Crippen LogP contribution in [0.4, 0.5) is 0 Å². The number of benzene rings is 2. The first-order valence-corrected chi connectivity index (χ1v) is 10.1. The first-order chi connectivity index (χ1) is 14.6. The lowest BCUT2D eigenvalue weighted by Crippen LogP contribution is -2.57. The molecule has 2 fully saturated rings. The lowest BCUT2D eigenvalue weighted by atomic mass is 9.93. The molecule has 7 heteroatoms. The van der Waals surface area contributed by atoms with Crippen molar-refractivity contribution in [3.63, 3.8) is 0 Å². The molecule has 30 heavy (non-hydrogen) atoms. The molecule has 7 nitrogen and oxygen atoms in total. The highest BCUT2D eigenvalue weighted by molar-refractivity contribution is 5.93. The number of hydrogen-bond acceptors (Lipinski definition) is 5. The highest BCUT2D eigenvalue weighted by Gasteiger charge is 2.49. The van der Waals surface area contributed by atoms with E-state index in [0.717, 1.165) is 37.5 Å². The molecule has 3 heterocycles. The number of amides is 1. The smallest absolute Gasteiger partial charge is 0.269 e. The molecule has 1 spiro atoms. The van der Waals surface area contributed by atoms with Gasteiger partial charge in [-0.3, -0.25) is 14.8 Å². The molecule has 2 aliphatic heterocycles. The van der Waals surface area contributed by atoms with Crippen molar-refractivity contribution in [3.05, 3.63) is 66.4 Å². The van der Waals surface area contributed by atoms with Crippen molar-refractivity contribution in [1.29, 1.82) is 0 Å². The van der Waals surface area contributed by atoms with Gasteiger partial charge in [-0.15, -0.1) is 0 Å². The Hall–Kier alpha value is -3.16. The van der Waals surface area contributed by atoms with Crippen molar-refractivity contribution in [3.8, 4) is 22.8 Å². The number of nitrogens with one attached hydrogen (secondary N) is 2. The predicted molar refractivity (Wildman–Crippen MR) is 113 cm³/mol. The summed E-state index contributed by atoms with van der Waals surface area (Å²) in [5, 5.41) is 10.4. The first kappa shape index (κ1) is 18.8. The molecule has 0 saturated carbocycles. The van der Waals surface area contributed by atoms with Gasteiger partial charge >= 0.3 is 0 Å². The van der Waals surface area contributed by atoms with Gasteiger partial charge < -0.3 is 14.8 Å². The number of ether oxygens (including phenoxy) is 2. The van der Waals surface area contributed by atoms with Gasteiger partial charge in [-0.25, -0.2) is 0 Å². The summed E-state index contributed by atoms with van der Waals surface area (Å²) in [4.78, 5) is 15.1. The second-order valence-corrected chi connectivity index (χ2v) is 8.05. The quantitative estimate of drug-likeness (QED) is 0.683. The van der Waals surface area contributed by atoms with E-state index in [2.05, 4.69) is 27.5 Å². The zero-order chi connectivity index (χ0) is 20.6. The van der Waals surface area contributed by atoms with Crippen LogP contribution in [0.25, 0.3) is 11.3 Å². The van der Waals surface area contributed by atoms with Gasteiger partial charge in [-0.05, 0) is 43.8 Å². The van der Waals surface area contributed by atoms with Crippen molar-refractivity contribution in [2.75, 3.05) is 26.8 Å². The molecule has 1 amide bonds. The molecule has 2 N–H and O–H groups in total. The molecule has 154 valence electrons. The third-order valence-corrected chi connectivity index (χ3v) is 5.96. The zero-order valence-corrected chi connectivity index (χ0v) is 16.8. The first-order valence-electron chi connectivity index (χ1n) is 10.1. The maximum atomic E-state index is 12.8. The van der Waals surface area contributed by atoms with Crippen molar-refractivity contribution in [2.24, 2.45) is 0 Å². The molecule has 1 aromatic heterocycles. The zero-order valence-electron chi connectivity index (χ0n) is 16.8. The van der Waals surface area contributed by atoms with Gasteiger partial charge in [0.25, 0.3) is 5.91 Å². The van der Waals surface area contributed by atoms with Crippen LogP contribution in [0.2, 0.25) is 0 Å². The van der Waals surface area contributed by atoms with Crippen molar-refractivity contribution in [2.45, 2.75) is 18.0 Å². The van der Waals surface area contributed by atoms with E-state index < -0.39 is 0 Å². The summed E-state index contributed by atoms with van der Waals surface area (Å²) in [7, 11) is 2.09. The second kappa shape index (κ2) is 7.59. The van der Waals surface area contributed by atoms with Gasteiger partial charge in [-0.2, -0.15) is 5.10 Å². The summed E-state index contributed by atoms with van der Waals surface area (Å²) in [6, 6.07) is 19.1. The Kier molecular flexibility index (Phi) is 4.77. The molecule has 5 rings (SSSR count). The number of likely N-dealkylation sites (tertiary alicyclic amines) is 1. The van der Waals surface area contributed by atoms with Gasteiger partial charge in [0.15, 0.2) is 0 Å². The Balaban J connectivity index is 1.31. The fraction of sp³-hybridized carbons (Fsp3) is 0.304. The Morgan fingerprint density at radius 2 is 1.97 bits per heavy atom. The molecule has 3 aromatic rings. The molecule has 0 radical (unpaired) electrons.